The van der Waals surface area contributed by atoms with E-state index < -0.39 is 0 Å². The molecule has 24 heavy (non-hydrogen) atoms. The fraction of sp³-hybridized carbons (Fsp3) is 0.263. The molecule has 1 atom stereocenters. The number of nitrogens with one attached hydrogen (secondary N) is 1. The van der Waals surface area contributed by atoms with Gasteiger partial charge < -0.3 is 15.0 Å². The van der Waals surface area contributed by atoms with Crippen molar-refractivity contribution >= 4 is 22.5 Å². The van der Waals surface area contributed by atoms with Gasteiger partial charge in [-0.15, -0.1) is 0 Å². The van der Waals surface area contributed by atoms with Crippen molar-refractivity contribution < 1.29 is 4.74 Å². The number of hydrogen-bond acceptors (Lipinski definition) is 5. The lowest BCUT2D eigenvalue weighted by atomic mass is 10.2. The molecule has 1 fully saturated rings. The second kappa shape index (κ2) is 6.45. The van der Waals surface area contributed by atoms with E-state index in [1.807, 2.05) is 42.6 Å². The number of fused-ring (bicyclic) bond motifs is 1. The van der Waals surface area contributed by atoms with Crippen molar-refractivity contribution in [1.29, 1.82) is 0 Å². The second-order valence-corrected chi connectivity index (χ2v) is 5.99. The Kier molecular flexibility index (Phi) is 4.01. The van der Waals surface area contributed by atoms with Gasteiger partial charge in [0.1, 0.15) is 6.23 Å². The smallest absolute Gasteiger partial charge is 0.226 e. The first-order chi connectivity index (χ1) is 11.8. The van der Waals surface area contributed by atoms with Gasteiger partial charge in [0.05, 0.1) is 18.7 Å². The molecule has 2 aromatic carbocycles. The van der Waals surface area contributed by atoms with E-state index in [1.165, 1.54) is 5.56 Å². The van der Waals surface area contributed by atoms with Crippen molar-refractivity contribution in [2.45, 2.75) is 13.2 Å². The maximum atomic E-state index is 5.87. The number of para-hydroxylation sites is 2. The summed E-state index contributed by atoms with van der Waals surface area (Å²) in [6.07, 6.45) is 1.81. The van der Waals surface area contributed by atoms with Gasteiger partial charge in [-0.3, -0.25) is 0 Å². The van der Waals surface area contributed by atoms with Crippen LogP contribution in [0.15, 0.2) is 54.7 Å². The summed E-state index contributed by atoms with van der Waals surface area (Å²) in [5, 5.41) is 4.53. The predicted molar refractivity (Wildman–Crippen MR) is 96.3 cm³/mol. The van der Waals surface area contributed by atoms with Gasteiger partial charge in [-0.05, 0) is 24.6 Å². The molecule has 1 aliphatic rings. The summed E-state index contributed by atoms with van der Waals surface area (Å²) in [6.45, 7) is 4.26. The van der Waals surface area contributed by atoms with Gasteiger partial charge in [0, 0.05) is 23.8 Å². The Bertz CT molecular complexity index is 851. The SMILES string of the molecule is Cc1ccccc1NC1CN(c2ncc3ccccc3n2)CCO1. The maximum absolute atomic E-state index is 5.87. The first kappa shape index (κ1) is 14.9. The Hall–Kier alpha value is -2.66. The molecular weight excluding hydrogens is 300 g/mol. The first-order valence-electron chi connectivity index (χ1n) is 8.20. The summed E-state index contributed by atoms with van der Waals surface area (Å²) in [4.78, 5) is 11.4. The molecule has 0 aliphatic carbocycles. The molecule has 5 nitrogen and oxygen atoms in total. The molecule has 3 aromatic rings. The Morgan fingerprint density at radius 2 is 1.96 bits per heavy atom. The lowest BCUT2D eigenvalue weighted by molar-refractivity contribution is 0.0585. The zero-order valence-corrected chi connectivity index (χ0v) is 13.6. The Morgan fingerprint density at radius 1 is 1.12 bits per heavy atom. The van der Waals surface area contributed by atoms with Crippen molar-refractivity contribution in [2.75, 3.05) is 29.9 Å². The summed E-state index contributed by atoms with van der Waals surface area (Å²) >= 11 is 0. The van der Waals surface area contributed by atoms with E-state index in [-0.39, 0.29) is 6.23 Å². The lowest BCUT2D eigenvalue weighted by Crippen LogP contribution is -2.46. The van der Waals surface area contributed by atoms with Crippen LogP contribution in [0.25, 0.3) is 10.9 Å². The van der Waals surface area contributed by atoms with Gasteiger partial charge >= 0.3 is 0 Å². The fourth-order valence-electron chi connectivity index (χ4n) is 2.94. The molecule has 5 heteroatoms. The standard InChI is InChI=1S/C19H20N4O/c1-14-6-2-4-8-16(14)21-18-13-23(10-11-24-18)19-20-12-15-7-3-5-9-17(15)22-19/h2-9,12,18,21H,10-11,13H2,1H3. The molecule has 1 N–H and O–H groups in total. The van der Waals surface area contributed by atoms with Crippen molar-refractivity contribution in [3.05, 3.63) is 60.3 Å². The zero-order chi connectivity index (χ0) is 16.4. The zero-order valence-electron chi connectivity index (χ0n) is 13.6. The van der Waals surface area contributed by atoms with Crippen LogP contribution in [0, 0.1) is 6.92 Å². The minimum atomic E-state index is -0.0741. The summed E-state index contributed by atoms with van der Waals surface area (Å²) in [7, 11) is 0. The van der Waals surface area contributed by atoms with E-state index in [4.69, 9.17) is 4.74 Å². The monoisotopic (exact) mass is 320 g/mol. The molecule has 0 radical (unpaired) electrons. The molecular formula is C19H20N4O. The van der Waals surface area contributed by atoms with E-state index in [9.17, 15) is 0 Å². The van der Waals surface area contributed by atoms with Gasteiger partial charge in [-0.1, -0.05) is 36.4 Å². The van der Waals surface area contributed by atoms with Crippen molar-refractivity contribution in [3.63, 3.8) is 0 Å². The first-order valence-corrected chi connectivity index (χ1v) is 8.20. The van der Waals surface area contributed by atoms with E-state index >= 15 is 0 Å². The van der Waals surface area contributed by atoms with Crippen LogP contribution in [0.2, 0.25) is 0 Å². The summed E-state index contributed by atoms with van der Waals surface area (Å²) in [5.74, 6) is 0.758. The van der Waals surface area contributed by atoms with Gasteiger partial charge in [0.25, 0.3) is 0 Å². The number of benzene rings is 2. The summed E-state index contributed by atoms with van der Waals surface area (Å²) in [6, 6.07) is 16.3. The Labute approximate surface area is 141 Å². The Morgan fingerprint density at radius 3 is 2.88 bits per heavy atom. The highest BCUT2D eigenvalue weighted by Gasteiger charge is 2.22. The molecule has 0 bridgehead atoms. The van der Waals surface area contributed by atoms with Crippen molar-refractivity contribution in [2.24, 2.45) is 0 Å². The van der Waals surface area contributed by atoms with E-state index in [0.29, 0.717) is 13.2 Å². The average Bonchev–Trinajstić information content (AvgIpc) is 2.63. The molecule has 1 aromatic heterocycles. The molecule has 2 heterocycles. The molecule has 1 unspecified atom stereocenters. The van der Waals surface area contributed by atoms with E-state index in [0.717, 1.165) is 29.1 Å². The number of hydrogen-bond donors (Lipinski definition) is 1. The lowest BCUT2D eigenvalue weighted by Gasteiger charge is -2.34. The topological polar surface area (TPSA) is 50.3 Å². The Balaban J connectivity index is 1.52. The highest BCUT2D eigenvalue weighted by Crippen LogP contribution is 2.20. The number of aromatic nitrogens is 2. The third kappa shape index (κ3) is 3.03. The largest absolute Gasteiger partial charge is 0.358 e. The molecule has 0 amide bonds. The highest BCUT2D eigenvalue weighted by molar-refractivity contribution is 5.78. The molecule has 0 saturated carbocycles. The van der Waals surface area contributed by atoms with Gasteiger partial charge in [0.15, 0.2) is 0 Å². The third-order valence-electron chi connectivity index (χ3n) is 4.29. The minimum Gasteiger partial charge on any atom is -0.358 e. The van der Waals surface area contributed by atoms with Crippen LogP contribution >= 0.6 is 0 Å². The van der Waals surface area contributed by atoms with Gasteiger partial charge in [0.2, 0.25) is 5.95 Å². The van der Waals surface area contributed by atoms with Crippen LogP contribution in [-0.4, -0.2) is 35.9 Å². The predicted octanol–water partition coefficient (Wildman–Crippen LogP) is 3.21. The molecule has 4 rings (SSSR count). The van der Waals surface area contributed by atoms with Crippen LogP contribution in [-0.2, 0) is 4.74 Å². The van der Waals surface area contributed by atoms with Crippen molar-refractivity contribution in [3.8, 4) is 0 Å². The highest BCUT2D eigenvalue weighted by atomic mass is 16.5. The molecule has 0 spiro atoms. The van der Waals surface area contributed by atoms with Gasteiger partial charge in [-0.25, -0.2) is 9.97 Å². The van der Waals surface area contributed by atoms with Crippen LogP contribution in [0.5, 0.6) is 0 Å². The maximum Gasteiger partial charge on any atom is 0.226 e. The molecule has 1 saturated heterocycles. The van der Waals surface area contributed by atoms with Crippen LogP contribution in [0.4, 0.5) is 11.6 Å². The summed E-state index contributed by atoms with van der Waals surface area (Å²) in [5.41, 5.74) is 3.28. The number of ether oxygens (including phenoxy) is 1. The van der Waals surface area contributed by atoms with Crippen LogP contribution in [0.3, 0.4) is 0 Å². The average molecular weight is 320 g/mol. The van der Waals surface area contributed by atoms with Gasteiger partial charge in [-0.2, -0.15) is 0 Å². The van der Waals surface area contributed by atoms with Crippen molar-refractivity contribution in [1.82, 2.24) is 9.97 Å². The van der Waals surface area contributed by atoms with Crippen LogP contribution in [0.1, 0.15) is 5.56 Å². The third-order valence-corrected chi connectivity index (χ3v) is 4.29. The van der Waals surface area contributed by atoms with E-state index in [1.54, 1.807) is 0 Å². The minimum absolute atomic E-state index is 0.0741. The van der Waals surface area contributed by atoms with E-state index in [2.05, 4.69) is 39.2 Å². The number of rotatable bonds is 3. The molecule has 122 valence electrons. The number of anilines is 2. The number of aryl methyl sites for hydroxylation is 1. The molecule has 1 aliphatic heterocycles. The van der Waals surface area contributed by atoms with Crippen LogP contribution < -0.4 is 10.2 Å². The normalized spacial score (nSPS) is 17.9. The second-order valence-electron chi connectivity index (χ2n) is 5.99. The fourth-order valence-corrected chi connectivity index (χ4v) is 2.94. The quantitative estimate of drug-likeness (QED) is 0.803. The number of morpholine rings is 1. The number of nitrogens with zero attached hydrogens (tertiary/aromatic N) is 3. The summed E-state index contributed by atoms with van der Waals surface area (Å²) < 4.78 is 5.87.